The minimum atomic E-state index is -0.524. The van der Waals surface area contributed by atoms with Crippen LogP contribution in [0.5, 0.6) is 5.75 Å². The molecule has 1 amide bonds. The molecular formula is C20H20N2O4. The van der Waals surface area contributed by atoms with Gasteiger partial charge in [-0.25, -0.2) is 4.79 Å². The lowest BCUT2D eigenvalue weighted by Gasteiger charge is -2.15. The van der Waals surface area contributed by atoms with Gasteiger partial charge in [0.1, 0.15) is 11.8 Å². The van der Waals surface area contributed by atoms with Crippen LogP contribution in [0.1, 0.15) is 23.3 Å². The quantitative estimate of drug-likeness (QED) is 0.712. The van der Waals surface area contributed by atoms with Crippen LogP contribution in [0.25, 0.3) is 10.9 Å². The summed E-state index contributed by atoms with van der Waals surface area (Å²) in [6.07, 6.45) is 1.66. The second kappa shape index (κ2) is 7.31. The van der Waals surface area contributed by atoms with Crippen molar-refractivity contribution in [3.8, 4) is 5.75 Å². The fourth-order valence-electron chi connectivity index (χ4n) is 2.87. The predicted molar refractivity (Wildman–Crippen MR) is 99.6 cm³/mol. The lowest BCUT2D eigenvalue weighted by molar-refractivity contribution is -0.118. The molecule has 2 aromatic carbocycles. The van der Waals surface area contributed by atoms with Gasteiger partial charge in [0.25, 0.3) is 0 Å². The molecule has 0 unspecified atom stereocenters. The van der Waals surface area contributed by atoms with Crippen molar-refractivity contribution >= 4 is 28.5 Å². The summed E-state index contributed by atoms with van der Waals surface area (Å²) in [7, 11) is 2.91. The molecule has 0 saturated carbocycles. The molecule has 1 N–H and O–H groups in total. The number of hydrogen-bond acceptors (Lipinski definition) is 4. The topological polar surface area (TPSA) is 69.6 Å². The Hall–Kier alpha value is -3.28. The summed E-state index contributed by atoms with van der Waals surface area (Å²) in [5.74, 6) is 0.0330. The Balaban J connectivity index is 1.92. The molecular weight excluding hydrogens is 332 g/mol. The molecule has 134 valence electrons. The maximum absolute atomic E-state index is 12.7. The number of fused-ring (bicyclic) bond motifs is 1. The molecule has 0 aliphatic carbocycles. The molecule has 3 rings (SSSR count). The summed E-state index contributed by atoms with van der Waals surface area (Å²) in [6.45, 7) is 1.78. The van der Waals surface area contributed by atoms with Gasteiger partial charge in [0, 0.05) is 28.9 Å². The summed E-state index contributed by atoms with van der Waals surface area (Å²) in [6, 6.07) is 14.1. The minimum Gasteiger partial charge on any atom is -0.497 e. The maximum Gasteiger partial charge on any atom is 0.340 e. The average molecular weight is 352 g/mol. The number of nitrogens with one attached hydrogen (secondary N) is 1. The van der Waals surface area contributed by atoms with E-state index >= 15 is 0 Å². The Morgan fingerprint density at radius 1 is 1.08 bits per heavy atom. The minimum absolute atomic E-state index is 0.199. The molecule has 0 aliphatic rings. The number of carbonyl (C=O) groups excluding carboxylic acids is 2. The number of para-hydroxylation sites is 1. The Bertz CT molecular complexity index is 961. The first kappa shape index (κ1) is 17.5. The monoisotopic (exact) mass is 352 g/mol. The van der Waals surface area contributed by atoms with Gasteiger partial charge in [-0.05, 0) is 25.1 Å². The fraction of sp³-hybridized carbons (Fsp3) is 0.200. The third kappa shape index (κ3) is 3.26. The Kier molecular flexibility index (Phi) is 4.93. The Labute approximate surface area is 151 Å². The van der Waals surface area contributed by atoms with E-state index in [1.807, 2.05) is 24.3 Å². The van der Waals surface area contributed by atoms with Crippen LogP contribution in [0.2, 0.25) is 0 Å². The predicted octanol–water partition coefficient (Wildman–Crippen LogP) is 3.64. The molecule has 0 saturated heterocycles. The summed E-state index contributed by atoms with van der Waals surface area (Å²) >= 11 is 0. The van der Waals surface area contributed by atoms with Crippen LogP contribution in [-0.2, 0) is 9.53 Å². The second-order valence-corrected chi connectivity index (χ2v) is 5.86. The van der Waals surface area contributed by atoms with Crippen molar-refractivity contribution in [2.75, 3.05) is 19.5 Å². The van der Waals surface area contributed by atoms with E-state index in [0.717, 1.165) is 10.9 Å². The van der Waals surface area contributed by atoms with Crippen LogP contribution in [0.3, 0.4) is 0 Å². The zero-order chi connectivity index (χ0) is 18.7. The van der Waals surface area contributed by atoms with Crippen molar-refractivity contribution in [1.82, 2.24) is 4.57 Å². The first-order valence-corrected chi connectivity index (χ1v) is 8.18. The second-order valence-electron chi connectivity index (χ2n) is 5.86. The van der Waals surface area contributed by atoms with Crippen molar-refractivity contribution in [2.24, 2.45) is 0 Å². The zero-order valence-electron chi connectivity index (χ0n) is 14.9. The van der Waals surface area contributed by atoms with Gasteiger partial charge in [0.05, 0.1) is 19.8 Å². The Morgan fingerprint density at radius 3 is 2.58 bits per heavy atom. The number of anilines is 1. The van der Waals surface area contributed by atoms with Crippen molar-refractivity contribution in [2.45, 2.75) is 13.0 Å². The fourth-order valence-corrected chi connectivity index (χ4v) is 2.87. The lowest BCUT2D eigenvalue weighted by atomic mass is 10.2. The SMILES string of the molecule is COC(=O)c1cn([C@@H](C)C(=O)Nc2cccc(OC)c2)c2ccccc12. The highest BCUT2D eigenvalue weighted by molar-refractivity contribution is 6.05. The smallest absolute Gasteiger partial charge is 0.340 e. The molecule has 1 heterocycles. The van der Waals surface area contributed by atoms with Gasteiger partial charge in [-0.1, -0.05) is 24.3 Å². The highest BCUT2D eigenvalue weighted by Crippen LogP contribution is 2.26. The molecule has 0 radical (unpaired) electrons. The normalized spacial score (nSPS) is 11.8. The first-order chi connectivity index (χ1) is 12.5. The highest BCUT2D eigenvalue weighted by atomic mass is 16.5. The van der Waals surface area contributed by atoms with Crippen molar-refractivity contribution in [3.63, 3.8) is 0 Å². The number of methoxy groups -OCH3 is 2. The molecule has 0 fully saturated rings. The molecule has 1 atom stereocenters. The lowest BCUT2D eigenvalue weighted by Crippen LogP contribution is -2.23. The van der Waals surface area contributed by atoms with E-state index in [4.69, 9.17) is 9.47 Å². The largest absolute Gasteiger partial charge is 0.497 e. The molecule has 26 heavy (non-hydrogen) atoms. The number of nitrogens with zero attached hydrogens (tertiary/aromatic N) is 1. The van der Waals surface area contributed by atoms with Gasteiger partial charge in [-0.2, -0.15) is 0 Å². The van der Waals surface area contributed by atoms with Crippen molar-refractivity contribution in [3.05, 3.63) is 60.3 Å². The molecule has 3 aromatic rings. The van der Waals surface area contributed by atoms with Gasteiger partial charge in [0.2, 0.25) is 5.91 Å². The van der Waals surface area contributed by atoms with E-state index in [0.29, 0.717) is 17.0 Å². The molecule has 0 spiro atoms. The number of esters is 1. The zero-order valence-corrected chi connectivity index (χ0v) is 14.9. The molecule has 6 heteroatoms. The number of benzene rings is 2. The van der Waals surface area contributed by atoms with E-state index in [9.17, 15) is 9.59 Å². The third-order valence-electron chi connectivity index (χ3n) is 4.28. The van der Waals surface area contributed by atoms with Crippen LogP contribution in [-0.4, -0.2) is 30.7 Å². The van der Waals surface area contributed by atoms with Gasteiger partial charge in [0.15, 0.2) is 0 Å². The van der Waals surface area contributed by atoms with Crippen molar-refractivity contribution in [1.29, 1.82) is 0 Å². The summed E-state index contributed by atoms with van der Waals surface area (Å²) in [5, 5.41) is 3.63. The van der Waals surface area contributed by atoms with E-state index in [-0.39, 0.29) is 5.91 Å². The van der Waals surface area contributed by atoms with E-state index in [2.05, 4.69) is 5.32 Å². The summed E-state index contributed by atoms with van der Waals surface area (Å²) in [4.78, 5) is 24.8. The molecule has 0 aliphatic heterocycles. The van der Waals surface area contributed by atoms with E-state index in [1.54, 1.807) is 49.1 Å². The average Bonchev–Trinajstić information content (AvgIpc) is 3.06. The molecule has 0 bridgehead atoms. The number of hydrogen-bond donors (Lipinski definition) is 1. The van der Waals surface area contributed by atoms with Crippen LogP contribution in [0.4, 0.5) is 5.69 Å². The first-order valence-electron chi connectivity index (χ1n) is 8.18. The van der Waals surface area contributed by atoms with Gasteiger partial charge in [-0.3, -0.25) is 4.79 Å². The van der Waals surface area contributed by atoms with E-state index in [1.165, 1.54) is 7.11 Å². The summed E-state index contributed by atoms with van der Waals surface area (Å²) in [5.41, 5.74) is 1.87. The number of rotatable bonds is 5. The summed E-state index contributed by atoms with van der Waals surface area (Å²) < 4.78 is 11.8. The van der Waals surface area contributed by atoms with Crippen LogP contribution >= 0.6 is 0 Å². The van der Waals surface area contributed by atoms with Gasteiger partial charge < -0.3 is 19.4 Å². The van der Waals surface area contributed by atoms with Crippen LogP contribution in [0, 0.1) is 0 Å². The standard InChI is InChI=1S/C20H20N2O4/c1-13(19(23)21-14-7-6-8-15(11-14)25-2)22-12-17(20(24)26-3)16-9-4-5-10-18(16)22/h4-13H,1-3H3,(H,21,23)/t13-/m0/s1. The van der Waals surface area contributed by atoms with E-state index < -0.39 is 12.0 Å². The number of ether oxygens (including phenoxy) is 2. The van der Waals surface area contributed by atoms with Gasteiger partial charge >= 0.3 is 5.97 Å². The third-order valence-corrected chi connectivity index (χ3v) is 4.28. The number of amides is 1. The van der Waals surface area contributed by atoms with Crippen LogP contribution in [0.15, 0.2) is 54.7 Å². The maximum atomic E-state index is 12.7. The number of aromatic nitrogens is 1. The van der Waals surface area contributed by atoms with Gasteiger partial charge in [-0.15, -0.1) is 0 Å². The number of carbonyl (C=O) groups is 2. The Morgan fingerprint density at radius 2 is 1.85 bits per heavy atom. The molecule has 1 aromatic heterocycles. The highest BCUT2D eigenvalue weighted by Gasteiger charge is 2.22. The van der Waals surface area contributed by atoms with Crippen molar-refractivity contribution < 1.29 is 19.1 Å². The van der Waals surface area contributed by atoms with Crippen LogP contribution < -0.4 is 10.1 Å². The molecule has 6 nitrogen and oxygen atoms in total.